The summed E-state index contributed by atoms with van der Waals surface area (Å²) in [6.45, 7) is 0.507. The lowest BCUT2D eigenvalue weighted by atomic mass is 10.2. The Balaban J connectivity index is 1.69. The zero-order chi connectivity index (χ0) is 15.8. The highest BCUT2D eigenvalue weighted by molar-refractivity contribution is 7.99. The highest BCUT2D eigenvalue weighted by Crippen LogP contribution is 2.21. The van der Waals surface area contributed by atoms with Gasteiger partial charge in [-0.25, -0.2) is 0 Å². The van der Waals surface area contributed by atoms with Crippen LogP contribution in [-0.2, 0) is 11.3 Å². The molecule has 0 aliphatic rings. The highest BCUT2D eigenvalue weighted by atomic mass is 35.5. The minimum Gasteiger partial charge on any atom is -0.497 e. The first-order valence-corrected chi connectivity index (χ1v) is 8.32. The molecule has 0 aliphatic carbocycles. The molecule has 2 aromatic carbocycles. The molecular weight excluding hydrogens is 318 g/mol. The van der Waals surface area contributed by atoms with Crippen LogP contribution in [0.1, 0.15) is 12.0 Å². The molecule has 0 aliphatic heterocycles. The molecule has 0 radical (unpaired) electrons. The molecule has 0 heterocycles. The smallest absolute Gasteiger partial charge is 0.221 e. The summed E-state index contributed by atoms with van der Waals surface area (Å²) in [5.41, 5.74) is 1.00. The quantitative estimate of drug-likeness (QED) is 0.772. The molecule has 1 amide bonds. The monoisotopic (exact) mass is 335 g/mol. The first-order valence-electron chi connectivity index (χ1n) is 6.95. The molecule has 22 heavy (non-hydrogen) atoms. The molecule has 0 aromatic heterocycles. The number of nitrogens with one attached hydrogen (secondary N) is 1. The molecule has 0 fully saturated rings. The van der Waals surface area contributed by atoms with Crippen LogP contribution in [-0.4, -0.2) is 18.8 Å². The summed E-state index contributed by atoms with van der Waals surface area (Å²) in [4.78, 5) is 12.9. The molecule has 1 N–H and O–H groups in total. The van der Waals surface area contributed by atoms with Gasteiger partial charge in [0.15, 0.2) is 0 Å². The van der Waals surface area contributed by atoms with Crippen molar-refractivity contribution in [3.05, 3.63) is 59.1 Å². The van der Waals surface area contributed by atoms with E-state index < -0.39 is 0 Å². The Hall–Kier alpha value is -1.65. The summed E-state index contributed by atoms with van der Waals surface area (Å²) in [7, 11) is 1.65. The van der Waals surface area contributed by atoms with Crippen molar-refractivity contribution in [1.29, 1.82) is 0 Å². The molecule has 0 spiro atoms. The van der Waals surface area contributed by atoms with Crippen LogP contribution in [0.3, 0.4) is 0 Å². The normalized spacial score (nSPS) is 10.3. The fourth-order valence-electron chi connectivity index (χ4n) is 1.87. The van der Waals surface area contributed by atoms with Crippen molar-refractivity contribution < 1.29 is 9.53 Å². The number of halogens is 1. The van der Waals surface area contributed by atoms with E-state index >= 15 is 0 Å². The zero-order valence-electron chi connectivity index (χ0n) is 12.3. The summed E-state index contributed by atoms with van der Waals surface area (Å²) < 4.78 is 5.11. The van der Waals surface area contributed by atoms with Gasteiger partial charge in [-0.15, -0.1) is 11.8 Å². The number of methoxy groups -OCH3 is 1. The molecule has 3 nitrogen and oxygen atoms in total. The lowest BCUT2D eigenvalue weighted by molar-refractivity contribution is -0.120. The molecule has 0 bridgehead atoms. The number of hydrogen-bond acceptors (Lipinski definition) is 3. The van der Waals surface area contributed by atoms with Crippen molar-refractivity contribution in [2.45, 2.75) is 17.9 Å². The van der Waals surface area contributed by atoms with Gasteiger partial charge in [-0.3, -0.25) is 4.79 Å². The molecule has 0 unspecified atom stereocenters. The number of carbonyl (C=O) groups excluding carboxylic acids is 1. The number of rotatable bonds is 7. The van der Waals surface area contributed by atoms with Crippen molar-refractivity contribution in [2.75, 3.05) is 12.9 Å². The lowest BCUT2D eigenvalue weighted by Gasteiger charge is -2.06. The first-order chi connectivity index (χ1) is 10.7. The Labute approximate surface area is 140 Å². The predicted octanol–water partition coefficient (Wildman–Crippen LogP) is 4.15. The zero-order valence-corrected chi connectivity index (χ0v) is 13.9. The molecule has 2 aromatic rings. The fraction of sp³-hybridized carbons (Fsp3) is 0.235. The van der Waals surface area contributed by atoms with Crippen LogP contribution in [0.4, 0.5) is 0 Å². The number of benzene rings is 2. The molecule has 2 rings (SSSR count). The summed E-state index contributed by atoms with van der Waals surface area (Å²) in [6, 6.07) is 15.3. The fourth-order valence-corrected chi connectivity index (χ4v) is 2.93. The van der Waals surface area contributed by atoms with E-state index in [1.54, 1.807) is 18.9 Å². The summed E-state index contributed by atoms with van der Waals surface area (Å²) >= 11 is 7.56. The molecule has 0 saturated heterocycles. The first kappa shape index (κ1) is 16.7. The van der Waals surface area contributed by atoms with Crippen molar-refractivity contribution in [1.82, 2.24) is 5.32 Å². The molecule has 116 valence electrons. The van der Waals surface area contributed by atoms with Crippen LogP contribution >= 0.6 is 23.4 Å². The van der Waals surface area contributed by atoms with E-state index in [0.717, 1.165) is 22.0 Å². The Morgan fingerprint density at radius 1 is 1.23 bits per heavy atom. The van der Waals surface area contributed by atoms with E-state index in [9.17, 15) is 4.79 Å². The van der Waals surface area contributed by atoms with Crippen LogP contribution in [0.5, 0.6) is 5.75 Å². The number of thioether (sulfide) groups is 1. The maximum atomic E-state index is 11.8. The maximum Gasteiger partial charge on any atom is 0.221 e. The lowest BCUT2D eigenvalue weighted by Crippen LogP contribution is -2.22. The number of hydrogen-bond donors (Lipinski definition) is 1. The average Bonchev–Trinajstić information content (AvgIpc) is 2.54. The largest absolute Gasteiger partial charge is 0.497 e. The van der Waals surface area contributed by atoms with Gasteiger partial charge in [-0.05, 0) is 42.0 Å². The van der Waals surface area contributed by atoms with E-state index in [4.69, 9.17) is 16.3 Å². The van der Waals surface area contributed by atoms with Gasteiger partial charge < -0.3 is 10.1 Å². The Bertz CT molecular complexity index is 616. The number of carbonyl (C=O) groups is 1. The van der Waals surface area contributed by atoms with Gasteiger partial charge in [0, 0.05) is 28.6 Å². The molecule has 0 saturated carbocycles. The third kappa shape index (κ3) is 5.62. The minimum absolute atomic E-state index is 0.0426. The Morgan fingerprint density at radius 3 is 2.68 bits per heavy atom. The van der Waals surface area contributed by atoms with Gasteiger partial charge in [0.1, 0.15) is 5.75 Å². The third-order valence-corrected chi connectivity index (χ3v) is 4.28. The van der Waals surface area contributed by atoms with Gasteiger partial charge >= 0.3 is 0 Å². The molecule has 5 heteroatoms. The van der Waals surface area contributed by atoms with E-state index in [0.29, 0.717) is 18.0 Å². The van der Waals surface area contributed by atoms with Crippen molar-refractivity contribution in [3.63, 3.8) is 0 Å². The van der Waals surface area contributed by atoms with Crippen LogP contribution < -0.4 is 10.1 Å². The Kier molecular flexibility index (Phi) is 6.62. The van der Waals surface area contributed by atoms with E-state index in [2.05, 4.69) is 5.32 Å². The van der Waals surface area contributed by atoms with Crippen molar-refractivity contribution in [3.8, 4) is 5.75 Å². The number of ether oxygens (including phenoxy) is 1. The van der Waals surface area contributed by atoms with Crippen molar-refractivity contribution in [2.24, 2.45) is 0 Å². The van der Waals surface area contributed by atoms with Crippen LogP contribution in [0.15, 0.2) is 53.4 Å². The SMILES string of the molecule is COc1ccc(SCCC(=O)NCc2cccc(Cl)c2)cc1. The van der Waals surface area contributed by atoms with Crippen molar-refractivity contribution >= 4 is 29.3 Å². The van der Waals surface area contributed by atoms with Gasteiger partial charge in [0.05, 0.1) is 7.11 Å². The van der Waals surface area contributed by atoms with E-state index in [1.807, 2.05) is 48.5 Å². The third-order valence-electron chi connectivity index (χ3n) is 3.04. The minimum atomic E-state index is 0.0426. The second-order valence-corrected chi connectivity index (χ2v) is 6.29. The van der Waals surface area contributed by atoms with E-state index in [-0.39, 0.29) is 5.91 Å². The van der Waals surface area contributed by atoms with Crippen LogP contribution in [0, 0.1) is 0 Å². The maximum absolute atomic E-state index is 11.8. The average molecular weight is 336 g/mol. The summed E-state index contributed by atoms with van der Waals surface area (Å²) in [5.74, 6) is 1.62. The van der Waals surface area contributed by atoms with Gasteiger partial charge in [-0.1, -0.05) is 23.7 Å². The second kappa shape index (κ2) is 8.71. The highest BCUT2D eigenvalue weighted by Gasteiger charge is 2.03. The topological polar surface area (TPSA) is 38.3 Å². The van der Waals surface area contributed by atoms with Crippen LogP contribution in [0.25, 0.3) is 0 Å². The second-order valence-electron chi connectivity index (χ2n) is 4.68. The summed E-state index contributed by atoms with van der Waals surface area (Å²) in [6.07, 6.45) is 0.483. The van der Waals surface area contributed by atoms with Gasteiger partial charge in [0.2, 0.25) is 5.91 Å². The predicted molar refractivity (Wildman–Crippen MR) is 91.6 cm³/mol. The van der Waals surface area contributed by atoms with Crippen LogP contribution in [0.2, 0.25) is 5.02 Å². The van der Waals surface area contributed by atoms with Gasteiger partial charge in [0.25, 0.3) is 0 Å². The summed E-state index contributed by atoms with van der Waals surface area (Å²) in [5, 5.41) is 3.58. The standard InChI is InChI=1S/C17H18ClNO2S/c1-21-15-5-7-16(8-6-15)22-10-9-17(20)19-12-13-3-2-4-14(18)11-13/h2-8,11H,9-10,12H2,1H3,(H,19,20). The molecule has 0 atom stereocenters. The molecular formula is C17H18ClNO2S. The van der Waals surface area contributed by atoms with E-state index in [1.165, 1.54) is 0 Å². The number of amides is 1. The Morgan fingerprint density at radius 2 is 2.00 bits per heavy atom. The van der Waals surface area contributed by atoms with Gasteiger partial charge in [-0.2, -0.15) is 0 Å².